The van der Waals surface area contributed by atoms with Gasteiger partial charge in [-0.2, -0.15) is 0 Å². The number of halogens is 2. The fraction of sp³-hybridized carbons (Fsp3) is 0.119. The van der Waals surface area contributed by atoms with Crippen LogP contribution in [0.1, 0.15) is 61.8 Å². The van der Waals surface area contributed by atoms with Gasteiger partial charge in [-0.1, -0.05) is 160 Å². The molecule has 8 heteroatoms. The van der Waals surface area contributed by atoms with Crippen molar-refractivity contribution in [1.82, 2.24) is 4.98 Å². The Bertz CT molecular complexity index is 3280. The third-order valence-corrected chi connectivity index (χ3v) is 11.8. The van der Waals surface area contributed by atoms with Crippen molar-refractivity contribution in [3.05, 3.63) is 228 Å². The topological polar surface area (TPSA) is 64.7 Å². The molecule has 0 unspecified atom stereocenters. The summed E-state index contributed by atoms with van der Waals surface area (Å²) in [5, 5.41) is 14.6. The summed E-state index contributed by atoms with van der Waals surface area (Å²) in [6, 6.07) is 58.8. The summed E-state index contributed by atoms with van der Waals surface area (Å²) in [7, 11) is 0. The summed E-state index contributed by atoms with van der Waals surface area (Å²) < 4.78 is 38.1. The van der Waals surface area contributed by atoms with Gasteiger partial charge in [0, 0.05) is 34.4 Å². The van der Waals surface area contributed by atoms with E-state index < -0.39 is 11.6 Å². The summed E-state index contributed by atoms with van der Waals surface area (Å²) in [6.07, 6.45) is 3.22. The Kier molecular flexibility index (Phi) is 13.9. The molecule has 0 saturated carbocycles. The molecule has 67 heavy (non-hydrogen) atoms. The molecule has 0 aliphatic carbocycles. The predicted molar refractivity (Wildman–Crippen MR) is 265 cm³/mol. The van der Waals surface area contributed by atoms with Crippen molar-refractivity contribution in [2.75, 3.05) is 4.90 Å². The number of pyridine rings is 1. The Morgan fingerprint density at radius 2 is 1.31 bits per heavy atom. The van der Waals surface area contributed by atoms with Crippen molar-refractivity contribution < 1.29 is 37.7 Å². The first-order chi connectivity index (χ1) is 32.0. The van der Waals surface area contributed by atoms with Crippen molar-refractivity contribution in [3.8, 4) is 44.8 Å². The molecule has 332 valence electrons. The summed E-state index contributed by atoms with van der Waals surface area (Å²) in [5.41, 5.74) is 13.2. The van der Waals surface area contributed by atoms with E-state index in [1.54, 1.807) is 30.7 Å². The molecule has 0 N–H and O–H groups in total. The minimum absolute atomic E-state index is 0. The van der Waals surface area contributed by atoms with E-state index in [1.165, 1.54) is 11.1 Å². The van der Waals surface area contributed by atoms with Gasteiger partial charge in [-0.15, -0.1) is 41.7 Å². The van der Waals surface area contributed by atoms with E-state index in [-0.39, 0.29) is 43.3 Å². The van der Waals surface area contributed by atoms with E-state index in [9.17, 15) is 14.2 Å². The van der Waals surface area contributed by atoms with Gasteiger partial charge < -0.3 is 24.1 Å². The summed E-state index contributed by atoms with van der Waals surface area (Å²) >= 11 is 0. The number of furan rings is 2. The first-order valence-electron chi connectivity index (χ1n) is 22.0. The normalized spacial score (nSPS) is 11.1. The number of benzene rings is 7. The van der Waals surface area contributed by atoms with Crippen molar-refractivity contribution in [2.24, 2.45) is 0 Å². The molecule has 10 rings (SSSR count). The number of para-hydroxylation sites is 1. The van der Waals surface area contributed by atoms with Crippen molar-refractivity contribution in [2.45, 2.75) is 46.5 Å². The summed E-state index contributed by atoms with van der Waals surface area (Å²) in [4.78, 5) is 5.97. The molecule has 3 heterocycles. The van der Waals surface area contributed by atoms with Crippen LogP contribution in [0, 0.1) is 30.7 Å². The maximum absolute atomic E-state index is 13.2. The largest absolute Gasteiger partial charge is 3.00 e. The Labute approximate surface area is 403 Å². The molecule has 0 radical (unpaired) electrons. The zero-order valence-electron chi connectivity index (χ0n) is 37.6. The van der Waals surface area contributed by atoms with Crippen LogP contribution in [0.5, 0.6) is 0 Å². The van der Waals surface area contributed by atoms with E-state index in [0.717, 1.165) is 73.4 Å². The van der Waals surface area contributed by atoms with Gasteiger partial charge in [0.15, 0.2) is 0 Å². The standard InChI is InChI=1S/C48H40N2O2.C11H6F2N.Ir/c1-30(2)41-27-37(35-22-20-34(21-23-35)33-14-7-6-8-15-33)28-42(31(3)4)46(41)50(43-18-10-9-13-32(43)5)48(49)40-17-11-16-39-38-25-24-36(44-19-12-26-51-44)29-45(38)52-47(39)40;12-8-4-5-9(10(13)7-8)11-3-1-2-6-14-11;/h6-16,18-31H,1-5H3;1-4,6-7H;/q-2;-1;+3. The van der Waals surface area contributed by atoms with Gasteiger partial charge in [-0.25, -0.2) is 0 Å². The molecule has 5 nitrogen and oxygen atoms in total. The van der Waals surface area contributed by atoms with Gasteiger partial charge in [-0.05, 0) is 99.0 Å². The van der Waals surface area contributed by atoms with Crippen molar-refractivity contribution >= 4 is 39.1 Å². The molecule has 3 aromatic heterocycles. The fourth-order valence-electron chi connectivity index (χ4n) is 8.39. The number of anilines is 2. The van der Waals surface area contributed by atoms with E-state index in [4.69, 9.17) is 8.83 Å². The minimum Gasteiger partial charge on any atom is -0.520 e. The van der Waals surface area contributed by atoms with Crippen LogP contribution in [0.4, 0.5) is 20.2 Å². The number of amidine groups is 1. The third-order valence-electron chi connectivity index (χ3n) is 11.8. The van der Waals surface area contributed by atoms with Gasteiger partial charge in [0.1, 0.15) is 11.3 Å². The number of hydrogen-bond donors (Lipinski definition) is 0. The molecule has 7 aromatic carbocycles. The molecule has 0 fully saturated rings. The maximum atomic E-state index is 13.2. The average molecular weight is 1060 g/mol. The number of hydrogen-bond acceptors (Lipinski definition) is 3. The van der Waals surface area contributed by atoms with Crippen molar-refractivity contribution in [1.29, 1.82) is 0 Å². The number of aryl methyl sites for hydroxylation is 1. The van der Waals surface area contributed by atoms with Crippen LogP contribution in [-0.4, -0.2) is 10.8 Å². The van der Waals surface area contributed by atoms with Crippen LogP contribution < -0.4 is 4.90 Å². The molecule has 0 amide bonds. The van der Waals surface area contributed by atoms with Gasteiger partial charge in [0.2, 0.25) is 0 Å². The maximum Gasteiger partial charge on any atom is 3.00 e. The average Bonchev–Trinajstić information content (AvgIpc) is 4.02. The molecule has 0 aliphatic heterocycles. The van der Waals surface area contributed by atoms with Crippen LogP contribution in [0.3, 0.4) is 0 Å². The number of fused-ring (bicyclic) bond motifs is 3. The molecule has 0 aliphatic rings. The Morgan fingerprint density at radius 3 is 1.96 bits per heavy atom. The van der Waals surface area contributed by atoms with E-state index in [0.29, 0.717) is 22.4 Å². The van der Waals surface area contributed by atoms with Crippen LogP contribution in [-0.2, 0) is 20.1 Å². The summed E-state index contributed by atoms with van der Waals surface area (Å²) in [5.74, 6) is -0.144. The third kappa shape index (κ3) is 9.55. The molecule has 0 atom stereocenters. The molecule has 0 spiro atoms. The molecular formula is C59H46F2IrN3O2. The number of nitrogens with zero attached hydrogens (tertiary/aromatic N) is 3. The predicted octanol–water partition coefficient (Wildman–Crippen LogP) is 16.5. The van der Waals surface area contributed by atoms with Gasteiger partial charge in [-0.3, -0.25) is 8.78 Å². The van der Waals surface area contributed by atoms with Gasteiger partial charge >= 0.3 is 20.1 Å². The monoisotopic (exact) mass is 1060 g/mol. The smallest absolute Gasteiger partial charge is 0.520 e. The second-order valence-electron chi connectivity index (χ2n) is 16.8. The molecule has 0 saturated heterocycles. The van der Waals surface area contributed by atoms with E-state index in [2.05, 4.69) is 131 Å². The van der Waals surface area contributed by atoms with Crippen LogP contribution in [0.25, 0.3) is 72.2 Å². The van der Waals surface area contributed by atoms with Crippen molar-refractivity contribution in [3.63, 3.8) is 0 Å². The Morgan fingerprint density at radius 1 is 0.657 bits per heavy atom. The van der Waals surface area contributed by atoms with Crippen LogP contribution >= 0.6 is 0 Å². The zero-order valence-corrected chi connectivity index (χ0v) is 40.0. The quantitative estimate of drug-likeness (QED) is 0.0821. The first-order valence-corrected chi connectivity index (χ1v) is 22.0. The first kappa shape index (κ1) is 46.3. The Balaban J connectivity index is 0.000000347. The van der Waals surface area contributed by atoms with Crippen LogP contribution in [0.2, 0.25) is 0 Å². The van der Waals surface area contributed by atoms with Gasteiger partial charge in [0.05, 0.1) is 6.26 Å². The fourth-order valence-corrected chi connectivity index (χ4v) is 8.39. The van der Waals surface area contributed by atoms with E-state index >= 15 is 0 Å². The summed E-state index contributed by atoms with van der Waals surface area (Å²) in [6.45, 7) is 11.0. The van der Waals surface area contributed by atoms with Crippen LogP contribution in [0.15, 0.2) is 185 Å². The molecular weight excluding hydrogens is 1010 g/mol. The van der Waals surface area contributed by atoms with Gasteiger partial charge in [0.25, 0.3) is 0 Å². The minimum atomic E-state index is -0.649. The number of rotatable bonds is 9. The second-order valence-corrected chi connectivity index (χ2v) is 16.8. The Hall–Kier alpha value is -7.25. The number of aromatic nitrogens is 1. The van der Waals surface area contributed by atoms with E-state index in [1.807, 2.05) is 59.5 Å². The SMILES string of the molecule is Cc1ccccc1N(C(=[N-])c1[c-]ccc2c1oc1cc(-c3ccco3)ccc12)c1c(C(C)C)cc(-c2ccc(-c3ccccc3)cc2)cc1C(C)C.Fc1c[c-]c(-c2ccccn2)c(F)c1.[Ir+3]. The molecule has 10 aromatic rings. The molecule has 0 bridgehead atoms. The zero-order chi connectivity index (χ0) is 45.9. The second kappa shape index (κ2) is 20.1.